The number of hydrogen-bond acceptors (Lipinski definition) is 5. The number of ether oxygens (including phenoxy) is 3. The number of alkyl halides is 2. The lowest BCUT2D eigenvalue weighted by Crippen LogP contribution is -2.21. The van der Waals surface area contributed by atoms with Crippen LogP contribution in [0.4, 0.5) is 14.5 Å². The summed E-state index contributed by atoms with van der Waals surface area (Å²) >= 11 is 0. The van der Waals surface area contributed by atoms with Crippen molar-refractivity contribution in [1.82, 2.24) is 0 Å². The van der Waals surface area contributed by atoms with E-state index in [1.807, 2.05) is 13.8 Å². The lowest BCUT2D eigenvalue weighted by Gasteiger charge is -2.10. The molecule has 0 fully saturated rings. The van der Waals surface area contributed by atoms with Crippen LogP contribution in [0.3, 0.4) is 0 Å². The first-order valence-electron chi connectivity index (χ1n) is 8.58. The first-order valence-corrected chi connectivity index (χ1v) is 8.58. The van der Waals surface area contributed by atoms with Crippen LogP contribution in [-0.2, 0) is 9.53 Å². The Morgan fingerprint density at radius 3 is 2.39 bits per heavy atom. The minimum absolute atomic E-state index is 0.0287. The third-order valence-corrected chi connectivity index (χ3v) is 3.35. The van der Waals surface area contributed by atoms with E-state index >= 15 is 0 Å². The van der Waals surface area contributed by atoms with Crippen LogP contribution in [0.2, 0.25) is 0 Å². The summed E-state index contributed by atoms with van der Waals surface area (Å²) in [6.07, 6.45) is 0. The molecule has 8 heteroatoms. The molecule has 0 saturated heterocycles. The van der Waals surface area contributed by atoms with Crippen molar-refractivity contribution < 1.29 is 32.6 Å². The van der Waals surface area contributed by atoms with E-state index in [1.165, 1.54) is 24.3 Å². The number of nitrogens with one attached hydrogen (secondary N) is 1. The van der Waals surface area contributed by atoms with Crippen LogP contribution in [0.25, 0.3) is 0 Å². The number of amides is 1. The summed E-state index contributed by atoms with van der Waals surface area (Å²) in [6.45, 7) is 1.12. The van der Waals surface area contributed by atoms with E-state index < -0.39 is 25.1 Å². The van der Waals surface area contributed by atoms with E-state index in [-0.39, 0.29) is 11.3 Å². The summed E-state index contributed by atoms with van der Waals surface area (Å²) < 4.78 is 39.0. The highest BCUT2D eigenvalue weighted by Gasteiger charge is 2.12. The van der Waals surface area contributed by atoms with Gasteiger partial charge >= 0.3 is 12.6 Å². The number of anilines is 1. The third kappa shape index (κ3) is 7.22. The van der Waals surface area contributed by atoms with E-state index in [0.29, 0.717) is 24.0 Å². The molecule has 150 valence electrons. The molecule has 0 radical (unpaired) electrons. The predicted octanol–water partition coefficient (Wildman–Crippen LogP) is 4.12. The molecule has 0 saturated carbocycles. The average molecular weight is 393 g/mol. The molecule has 0 atom stereocenters. The number of rotatable bonds is 9. The van der Waals surface area contributed by atoms with Gasteiger partial charge in [-0.3, -0.25) is 4.79 Å². The SMILES string of the molecule is CC(C)COc1cccc(C(=O)OCC(=O)Nc2ccc(OC(F)F)cc2)c1. The molecule has 0 bridgehead atoms. The number of hydrogen-bond donors (Lipinski definition) is 1. The summed E-state index contributed by atoms with van der Waals surface area (Å²) in [4.78, 5) is 24.0. The van der Waals surface area contributed by atoms with Gasteiger partial charge in [0.05, 0.1) is 12.2 Å². The maximum absolute atomic E-state index is 12.1. The molecule has 1 N–H and O–H groups in total. The first kappa shape index (κ1) is 21.1. The molecule has 0 aliphatic heterocycles. The number of carbonyl (C=O) groups excluding carboxylic acids is 2. The number of halogens is 2. The molecular weight excluding hydrogens is 372 g/mol. The summed E-state index contributed by atoms with van der Waals surface area (Å²) in [5.41, 5.74) is 0.620. The van der Waals surface area contributed by atoms with E-state index in [4.69, 9.17) is 9.47 Å². The Balaban J connectivity index is 1.83. The van der Waals surface area contributed by atoms with E-state index in [0.717, 1.165) is 0 Å². The van der Waals surface area contributed by atoms with Crippen molar-refractivity contribution >= 4 is 17.6 Å². The molecule has 2 aromatic rings. The molecule has 1 amide bonds. The van der Waals surface area contributed by atoms with Gasteiger partial charge in [-0.1, -0.05) is 19.9 Å². The number of carbonyl (C=O) groups is 2. The molecule has 2 rings (SSSR count). The third-order valence-electron chi connectivity index (χ3n) is 3.35. The summed E-state index contributed by atoms with van der Waals surface area (Å²) in [6, 6.07) is 11.9. The fraction of sp³-hybridized carbons (Fsp3) is 0.300. The molecule has 0 aliphatic carbocycles. The van der Waals surface area contributed by atoms with Crippen LogP contribution in [0.1, 0.15) is 24.2 Å². The topological polar surface area (TPSA) is 73.9 Å². The Labute approximate surface area is 161 Å². The van der Waals surface area contributed by atoms with Crippen molar-refractivity contribution in [1.29, 1.82) is 0 Å². The zero-order valence-electron chi connectivity index (χ0n) is 15.5. The Kier molecular flexibility index (Phi) is 7.74. The fourth-order valence-corrected chi connectivity index (χ4v) is 2.11. The zero-order chi connectivity index (χ0) is 20.5. The molecule has 0 aliphatic rings. The van der Waals surface area contributed by atoms with Gasteiger partial charge in [0, 0.05) is 5.69 Å². The van der Waals surface area contributed by atoms with Gasteiger partial charge in [-0.15, -0.1) is 0 Å². The highest BCUT2D eigenvalue weighted by Crippen LogP contribution is 2.18. The number of benzene rings is 2. The quantitative estimate of drug-likeness (QED) is 0.649. The van der Waals surface area contributed by atoms with Crippen LogP contribution in [0.5, 0.6) is 11.5 Å². The lowest BCUT2D eigenvalue weighted by molar-refractivity contribution is -0.119. The van der Waals surface area contributed by atoms with Crippen LogP contribution < -0.4 is 14.8 Å². The normalized spacial score (nSPS) is 10.6. The maximum Gasteiger partial charge on any atom is 0.387 e. The van der Waals surface area contributed by atoms with Gasteiger partial charge in [0.25, 0.3) is 5.91 Å². The Bertz CT molecular complexity index is 793. The second-order valence-corrected chi connectivity index (χ2v) is 6.26. The van der Waals surface area contributed by atoms with Gasteiger partial charge in [-0.05, 0) is 48.4 Å². The molecule has 28 heavy (non-hydrogen) atoms. The summed E-state index contributed by atoms with van der Waals surface area (Å²) in [5, 5.41) is 2.49. The van der Waals surface area contributed by atoms with Gasteiger partial charge in [0.1, 0.15) is 11.5 Å². The molecule has 0 aromatic heterocycles. The Hall–Kier alpha value is -3.16. The zero-order valence-corrected chi connectivity index (χ0v) is 15.5. The van der Waals surface area contributed by atoms with Gasteiger partial charge in [0.2, 0.25) is 0 Å². The van der Waals surface area contributed by atoms with Crippen LogP contribution in [0.15, 0.2) is 48.5 Å². The first-order chi connectivity index (χ1) is 13.3. The van der Waals surface area contributed by atoms with Crippen LogP contribution in [-0.4, -0.2) is 31.7 Å². The van der Waals surface area contributed by atoms with E-state index in [2.05, 4.69) is 10.1 Å². The van der Waals surface area contributed by atoms with Crippen LogP contribution in [0, 0.1) is 5.92 Å². The standard InChI is InChI=1S/C20H21F2NO5/c1-13(2)11-26-17-5-3-4-14(10-17)19(25)27-12-18(24)23-15-6-8-16(9-7-15)28-20(21)22/h3-10,13,20H,11-12H2,1-2H3,(H,23,24). The minimum Gasteiger partial charge on any atom is -0.493 e. The molecule has 6 nitrogen and oxygen atoms in total. The average Bonchev–Trinajstić information content (AvgIpc) is 2.66. The molecule has 0 spiro atoms. The van der Waals surface area contributed by atoms with E-state index in [1.54, 1.807) is 24.3 Å². The predicted molar refractivity (Wildman–Crippen MR) is 98.8 cm³/mol. The second-order valence-electron chi connectivity index (χ2n) is 6.26. The van der Waals surface area contributed by atoms with Gasteiger partial charge in [-0.2, -0.15) is 8.78 Å². The lowest BCUT2D eigenvalue weighted by atomic mass is 10.2. The molecule has 0 heterocycles. The van der Waals surface area contributed by atoms with Gasteiger partial charge in [-0.25, -0.2) is 4.79 Å². The smallest absolute Gasteiger partial charge is 0.387 e. The fourth-order valence-electron chi connectivity index (χ4n) is 2.11. The maximum atomic E-state index is 12.1. The Morgan fingerprint density at radius 2 is 1.75 bits per heavy atom. The van der Waals surface area contributed by atoms with Crippen molar-refractivity contribution in [2.45, 2.75) is 20.5 Å². The van der Waals surface area contributed by atoms with Crippen molar-refractivity contribution in [3.63, 3.8) is 0 Å². The van der Waals surface area contributed by atoms with Gasteiger partial charge < -0.3 is 19.5 Å². The van der Waals surface area contributed by atoms with Crippen molar-refractivity contribution in [3.8, 4) is 11.5 Å². The second kappa shape index (κ2) is 10.2. The molecule has 0 unspecified atom stereocenters. The summed E-state index contributed by atoms with van der Waals surface area (Å²) in [7, 11) is 0. The molecule has 2 aromatic carbocycles. The van der Waals surface area contributed by atoms with E-state index in [9.17, 15) is 18.4 Å². The van der Waals surface area contributed by atoms with Gasteiger partial charge in [0.15, 0.2) is 6.61 Å². The number of esters is 1. The summed E-state index contributed by atoms with van der Waals surface area (Å²) in [5.74, 6) is -0.373. The highest BCUT2D eigenvalue weighted by atomic mass is 19.3. The minimum atomic E-state index is -2.92. The highest BCUT2D eigenvalue weighted by molar-refractivity contribution is 5.95. The van der Waals surface area contributed by atoms with Crippen molar-refractivity contribution in [2.75, 3.05) is 18.5 Å². The Morgan fingerprint density at radius 1 is 1.04 bits per heavy atom. The largest absolute Gasteiger partial charge is 0.493 e. The van der Waals surface area contributed by atoms with Crippen LogP contribution >= 0.6 is 0 Å². The van der Waals surface area contributed by atoms with Crippen molar-refractivity contribution in [2.24, 2.45) is 5.92 Å². The monoisotopic (exact) mass is 393 g/mol. The molecular formula is C20H21F2NO5. The van der Waals surface area contributed by atoms with Crippen molar-refractivity contribution in [3.05, 3.63) is 54.1 Å².